The Labute approximate surface area is 206 Å². The average Bonchev–Trinajstić information content (AvgIpc) is 2.75. The van der Waals surface area contributed by atoms with Crippen LogP contribution >= 0.6 is 0 Å². The Morgan fingerprint density at radius 1 is 1.18 bits per heavy atom. The predicted octanol–water partition coefficient (Wildman–Crippen LogP) is 6.45. The molecule has 5 nitrogen and oxygen atoms in total. The molecule has 0 bridgehead atoms. The molecule has 1 aromatic rings. The molecule has 2 unspecified atom stereocenters. The lowest BCUT2D eigenvalue weighted by atomic mass is 9.66. The van der Waals surface area contributed by atoms with Crippen LogP contribution in [0.2, 0.25) is 0 Å². The van der Waals surface area contributed by atoms with Gasteiger partial charge in [-0.15, -0.1) is 0 Å². The van der Waals surface area contributed by atoms with Crippen LogP contribution in [0.25, 0.3) is 0 Å². The number of esters is 1. The van der Waals surface area contributed by atoms with Crippen molar-refractivity contribution in [3.8, 4) is 11.5 Å². The first-order chi connectivity index (χ1) is 15.8. The zero-order valence-electron chi connectivity index (χ0n) is 22.4. The van der Waals surface area contributed by atoms with Crippen molar-refractivity contribution in [2.45, 2.75) is 117 Å². The van der Waals surface area contributed by atoms with Gasteiger partial charge < -0.3 is 15.2 Å². The highest BCUT2D eigenvalue weighted by Crippen LogP contribution is 2.55. The maximum Gasteiger partial charge on any atom is 0.318 e. The van der Waals surface area contributed by atoms with Crippen LogP contribution in [0.15, 0.2) is 12.1 Å². The van der Waals surface area contributed by atoms with Crippen molar-refractivity contribution >= 4 is 11.8 Å². The van der Waals surface area contributed by atoms with Gasteiger partial charge in [0.1, 0.15) is 22.9 Å². The molecule has 0 spiro atoms. The third-order valence-electron chi connectivity index (χ3n) is 8.11. The van der Waals surface area contributed by atoms with Crippen LogP contribution in [-0.2, 0) is 15.0 Å². The Morgan fingerprint density at radius 3 is 2.53 bits per heavy atom. The molecule has 0 aromatic heterocycles. The average molecular weight is 472 g/mol. The summed E-state index contributed by atoms with van der Waals surface area (Å²) in [6.07, 6.45) is 7.71. The van der Waals surface area contributed by atoms with Gasteiger partial charge in [-0.2, -0.15) is 0 Å². The summed E-state index contributed by atoms with van der Waals surface area (Å²) < 4.78 is 12.7. The van der Waals surface area contributed by atoms with Gasteiger partial charge in [0.25, 0.3) is 0 Å². The first kappa shape index (κ1) is 26.7. The van der Waals surface area contributed by atoms with E-state index in [1.54, 1.807) is 13.8 Å². The van der Waals surface area contributed by atoms with Gasteiger partial charge in [-0.3, -0.25) is 9.59 Å². The highest BCUT2D eigenvalue weighted by atomic mass is 16.5. The molecule has 1 heterocycles. The third-order valence-corrected chi connectivity index (χ3v) is 8.11. The SMILES string of the molecule is CCCCCCC(C)(C)c1cc(OC(=O)C(C)(C)CN)c2c(c1)OC(C)(C)C1CCC(=O)CC21. The number of rotatable bonds is 9. The number of Topliss-reactive ketones (excluding diaryl/α,β-unsaturated/α-hetero) is 1. The topological polar surface area (TPSA) is 78.6 Å². The van der Waals surface area contributed by atoms with E-state index in [-0.39, 0.29) is 41.1 Å². The molecular formula is C29H45NO4. The standard InChI is InChI=1S/C29H45NO4/c1-8-9-10-11-14-27(2,3)19-15-23(33-26(32)28(4,5)18-30)25-21-17-20(31)12-13-22(21)29(6,7)34-24(25)16-19/h15-16,21-22H,8-14,17-18,30H2,1-7H3. The van der Waals surface area contributed by atoms with E-state index in [9.17, 15) is 9.59 Å². The van der Waals surface area contributed by atoms with Crippen LogP contribution < -0.4 is 15.2 Å². The number of fused-ring (bicyclic) bond motifs is 3. The lowest BCUT2D eigenvalue weighted by Crippen LogP contribution is -2.47. The Hall–Kier alpha value is -1.88. The van der Waals surface area contributed by atoms with Gasteiger partial charge in [-0.05, 0) is 63.6 Å². The minimum Gasteiger partial charge on any atom is -0.487 e. The largest absolute Gasteiger partial charge is 0.487 e. The smallest absolute Gasteiger partial charge is 0.318 e. The number of unbranched alkanes of at least 4 members (excludes halogenated alkanes) is 3. The Kier molecular flexibility index (Phi) is 7.86. The molecule has 34 heavy (non-hydrogen) atoms. The molecular weight excluding hydrogens is 426 g/mol. The number of benzene rings is 1. The molecule has 190 valence electrons. The zero-order valence-corrected chi connectivity index (χ0v) is 22.4. The van der Waals surface area contributed by atoms with E-state index >= 15 is 0 Å². The molecule has 2 aliphatic rings. The zero-order chi connectivity index (χ0) is 25.3. The summed E-state index contributed by atoms with van der Waals surface area (Å²) in [6.45, 7) is 14.8. The fraction of sp³-hybridized carbons (Fsp3) is 0.724. The highest BCUT2D eigenvalue weighted by molar-refractivity contribution is 5.82. The van der Waals surface area contributed by atoms with Gasteiger partial charge in [0.2, 0.25) is 0 Å². The number of carbonyl (C=O) groups excluding carboxylic acids is 2. The highest BCUT2D eigenvalue weighted by Gasteiger charge is 2.48. The molecule has 1 aliphatic heterocycles. The molecule has 2 atom stereocenters. The van der Waals surface area contributed by atoms with Crippen LogP contribution in [0, 0.1) is 11.3 Å². The Balaban J connectivity index is 2.09. The number of ether oxygens (including phenoxy) is 2. The van der Waals surface area contributed by atoms with Crippen molar-refractivity contribution in [3.05, 3.63) is 23.3 Å². The normalized spacial score (nSPS) is 21.9. The van der Waals surface area contributed by atoms with Gasteiger partial charge in [0.15, 0.2) is 0 Å². The number of ketones is 1. The summed E-state index contributed by atoms with van der Waals surface area (Å²) in [7, 11) is 0. The minimum atomic E-state index is -0.796. The van der Waals surface area contributed by atoms with E-state index in [0.717, 1.165) is 36.1 Å². The van der Waals surface area contributed by atoms with Crippen molar-refractivity contribution in [2.75, 3.05) is 6.54 Å². The first-order valence-electron chi connectivity index (χ1n) is 13.1. The summed E-state index contributed by atoms with van der Waals surface area (Å²) in [5.74, 6) is 1.41. The summed E-state index contributed by atoms with van der Waals surface area (Å²) in [6, 6.07) is 4.17. The number of carbonyl (C=O) groups is 2. The molecule has 1 aromatic carbocycles. The summed E-state index contributed by atoms with van der Waals surface area (Å²) in [4.78, 5) is 25.6. The molecule has 1 aliphatic carbocycles. The second-order valence-electron chi connectivity index (χ2n) is 12.3. The monoisotopic (exact) mass is 471 g/mol. The van der Waals surface area contributed by atoms with E-state index in [1.165, 1.54) is 19.3 Å². The molecule has 0 radical (unpaired) electrons. The second kappa shape index (κ2) is 10.0. The predicted molar refractivity (Wildman–Crippen MR) is 136 cm³/mol. The summed E-state index contributed by atoms with van der Waals surface area (Å²) in [5.41, 5.74) is 6.57. The number of nitrogens with two attached hydrogens (primary N) is 1. The molecule has 1 saturated carbocycles. The van der Waals surface area contributed by atoms with E-state index < -0.39 is 5.41 Å². The lowest BCUT2D eigenvalue weighted by molar-refractivity contribution is -0.143. The Bertz CT molecular complexity index is 915. The maximum absolute atomic E-state index is 13.1. The van der Waals surface area contributed by atoms with Gasteiger partial charge in [-0.25, -0.2) is 0 Å². The van der Waals surface area contributed by atoms with E-state index in [4.69, 9.17) is 15.2 Å². The molecule has 0 saturated heterocycles. The van der Waals surface area contributed by atoms with Crippen molar-refractivity contribution in [1.82, 2.24) is 0 Å². The molecule has 1 fully saturated rings. The Morgan fingerprint density at radius 2 is 1.88 bits per heavy atom. The van der Waals surface area contributed by atoms with Crippen molar-refractivity contribution in [3.63, 3.8) is 0 Å². The first-order valence-corrected chi connectivity index (χ1v) is 13.1. The second-order valence-corrected chi connectivity index (χ2v) is 12.3. The van der Waals surface area contributed by atoms with Gasteiger partial charge in [0.05, 0.1) is 5.41 Å². The van der Waals surface area contributed by atoms with Crippen LogP contribution in [0.1, 0.15) is 117 Å². The van der Waals surface area contributed by atoms with Gasteiger partial charge in [0, 0.05) is 36.8 Å². The quantitative estimate of drug-likeness (QED) is 0.254. The van der Waals surface area contributed by atoms with Gasteiger partial charge in [-0.1, -0.05) is 46.5 Å². The maximum atomic E-state index is 13.1. The molecule has 5 heteroatoms. The van der Waals surface area contributed by atoms with Crippen molar-refractivity contribution in [2.24, 2.45) is 17.1 Å². The number of hydrogen-bond acceptors (Lipinski definition) is 5. The summed E-state index contributed by atoms with van der Waals surface area (Å²) >= 11 is 0. The fourth-order valence-electron chi connectivity index (χ4n) is 5.49. The van der Waals surface area contributed by atoms with E-state index in [1.807, 2.05) is 6.07 Å². The van der Waals surface area contributed by atoms with E-state index in [0.29, 0.717) is 18.6 Å². The minimum absolute atomic E-state index is 0.00879. The number of hydrogen-bond donors (Lipinski definition) is 1. The van der Waals surface area contributed by atoms with Crippen LogP contribution in [0.4, 0.5) is 0 Å². The van der Waals surface area contributed by atoms with E-state index in [2.05, 4.69) is 40.7 Å². The fourth-order valence-corrected chi connectivity index (χ4v) is 5.49. The molecule has 3 rings (SSSR count). The van der Waals surface area contributed by atoms with Crippen LogP contribution in [0.5, 0.6) is 11.5 Å². The molecule has 2 N–H and O–H groups in total. The van der Waals surface area contributed by atoms with Gasteiger partial charge >= 0.3 is 5.97 Å². The summed E-state index contributed by atoms with van der Waals surface area (Å²) in [5, 5.41) is 0. The van der Waals surface area contributed by atoms with Crippen LogP contribution in [-0.4, -0.2) is 23.9 Å². The van der Waals surface area contributed by atoms with Crippen molar-refractivity contribution < 1.29 is 19.1 Å². The van der Waals surface area contributed by atoms with Crippen molar-refractivity contribution in [1.29, 1.82) is 0 Å². The van der Waals surface area contributed by atoms with Crippen LogP contribution in [0.3, 0.4) is 0 Å². The lowest BCUT2D eigenvalue weighted by Gasteiger charge is -2.47. The molecule has 0 amide bonds. The third kappa shape index (κ3) is 5.50.